The SMILES string of the molecule is Cc1cc(C)n(CC(=O)NC(c2ccc(F)cc2)C2CCCO2)n1. The van der Waals surface area contributed by atoms with E-state index >= 15 is 0 Å². The van der Waals surface area contributed by atoms with Gasteiger partial charge in [-0.1, -0.05) is 12.1 Å². The molecule has 24 heavy (non-hydrogen) atoms. The van der Waals surface area contributed by atoms with Crippen molar-refractivity contribution in [2.45, 2.75) is 45.4 Å². The van der Waals surface area contributed by atoms with Crippen LogP contribution in [0.25, 0.3) is 0 Å². The first-order chi connectivity index (χ1) is 11.5. The monoisotopic (exact) mass is 331 g/mol. The Labute approximate surface area is 140 Å². The van der Waals surface area contributed by atoms with Gasteiger partial charge < -0.3 is 10.1 Å². The summed E-state index contributed by atoms with van der Waals surface area (Å²) < 4.78 is 20.6. The Balaban J connectivity index is 1.74. The molecule has 2 atom stereocenters. The number of halogens is 1. The molecule has 0 aliphatic carbocycles. The van der Waals surface area contributed by atoms with Crippen molar-refractivity contribution in [3.05, 3.63) is 53.1 Å². The second kappa shape index (κ2) is 7.13. The van der Waals surface area contributed by atoms with Crippen LogP contribution in [0.2, 0.25) is 0 Å². The molecule has 1 aliphatic heterocycles. The second-order valence-corrected chi connectivity index (χ2v) is 6.23. The Kier molecular flexibility index (Phi) is 4.94. The molecule has 0 bridgehead atoms. The average Bonchev–Trinajstić information content (AvgIpc) is 3.16. The summed E-state index contributed by atoms with van der Waals surface area (Å²) in [6.45, 7) is 4.67. The van der Waals surface area contributed by atoms with Crippen LogP contribution in [0.15, 0.2) is 30.3 Å². The summed E-state index contributed by atoms with van der Waals surface area (Å²) in [7, 11) is 0. The summed E-state index contributed by atoms with van der Waals surface area (Å²) in [6, 6.07) is 7.87. The zero-order valence-corrected chi connectivity index (χ0v) is 14.0. The number of benzene rings is 1. The van der Waals surface area contributed by atoms with Crippen molar-refractivity contribution in [3.8, 4) is 0 Å². The molecule has 0 spiro atoms. The van der Waals surface area contributed by atoms with E-state index in [1.54, 1.807) is 16.8 Å². The largest absolute Gasteiger partial charge is 0.376 e. The molecule has 1 saturated heterocycles. The molecule has 1 N–H and O–H groups in total. The third-order valence-electron chi connectivity index (χ3n) is 4.28. The van der Waals surface area contributed by atoms with Crippen LogP contribution in [0.4, 0.5) is 4.39 Å². The van der Waals surface area contributed by atoms with Crippen LogP contribution in [0, 0.1) is 19.7 Å². The number of amides is 1. The maximum atomic E-state index is 13.2. The lowest BCUT2D eigenvalue weighted by atomic mass is 9.99. The van der Waals surface area contributed by atoms with Crippen LogP contribution in [0.3, 0.4) is 0 Å². The minimum Gasteiger partial charge on any atom is -0.376 e. The van der Waals surface area contributed by atoms with Gasteiger partial charge >= 0.3 is 0 Å². The number of nitrogens with zero attached hydrogens (tertiary/aromatic N) is 2. The summed E-state index contributed by atoms with van der Waals surface area (Å²) in [5, 5.41) is 7.35. The third kappa shape index (κ3) is 3.82. The molecule has 0 radical (unpaired) electrons. The molecule has 128 valence electrons. The van der Waals surface area contributed by atoms with Crippen LogP contribution >= 0.6 is 0 Å². The maximum absolute atomic E-state index is 13.2. The predicted octanol–water partition coefficient (Wildman–Crippen LogP) is 2.68. The number of carbonyl (C=O) groups is 1. The molecular weight excluding hydrogens is 309 g/mol. The maximum Gasteiger partial charge on any atom is 0.242 e. The van der Waals surface area contributed by atoms with Crippen LogP contribution in [0.1, 0.15) is 35.8 Å². The summed E-state index contributed by atoms with van der Waals surface area (Å²) in [5.41, 5.74) is 2.68. The number of carbonyl (C=O) groups excluding carboxylic acids is 1. The zero-order chi connectivity index (χ0) is 17.1. The summed E-state index contributed by atoms with van der Waals surface area (Å²) >= 11 is 0. The van der Waals surface area contributed by atoms with Gasteiger partial charge in [0.05, 0.1) is 17.8 Å². The fraction of sp³-hybridized carbons (Fsp3) is 0.444. The van der Waals surface area contributed by atoms with Gasteiger partial charge in [0, 0.05) is 12.3 Å². The Hall–Kier alpha value is -2.21. The molecule has 1 amide bonds. The Bertz CT molecular complexity index is 706. The number of nitrogens with one attached hydrogen (secondary N) is 1. The van der Waals surface area contributed by atoms with Gasteiger partial charge in [-0.25, -0.2) is 4.39 Å². The van der Waals surface area contributed by atoms with E-state index in [4.69, 9.17) is 4.74 Å². The van der Waals surface area contributed by atoms with Crippen molar-refractivity contribution in [2.75, 3.05) is 6.61 Å². The lowest BCUT2D eigenvalue weighted by Gasteiger charge is -2.25. The van der Waals surface area contributed by atoms with E-state index in [-0.39, 0.29) is 30.4 Å². The van der Waals surface area contributed by atoms with Gasteiger partial charge in [0.25, 0.3) is 0 Å². The molecule has 1 aromatic carbocycles. The number of rotatable bonds is 5. The van der Waals surface area contributed by atoms with Gasteiger partial charge in [0.15, 0.2) is 0 Å². The summed E-state index contributed by atoms with van der Waals surface area (Å²) in [5.74, 6) is -0.426. The molecule has 1 fully saturated rings. The van der Waals surface area contributed by atoms with E-state index in [0.717, 1.165) is 29.8 Å². The van der Waals surface area contributed by atoms with Gasteiger partial charge in [-0.3, -0.25) is 9.48 Å². The lowest BCUT2D eigenvalue weighted by Crippen LogP contribution is -2.38. The normalized spacial score (nSPS) is 18.5. The highest BCUT2D eigenvalue weighted by Gasteiger charge is 2.29. The number of aromatic nitrogens is 2. The van der Waals surface area contributed by atoms with Crippen molar-refractivity contribution in [2.24, 2.45) is 0 Å². The molecule has 1 aromatic heterocycles. The van der Waals surface area contributed by atoms with Gasteiger partial charge in [-0.15, -0.1) is 0 Å². The Morgan fingerprint density at radius 1 is 1.42 bits per heavy atom. The Morgan fingerprint density at radius 2 is 2.17 bits per heavy atom. The third-order valence-corrected chi connectivity index (χ3v) is 4.28. The van der Waals surface area contributed by atoms with Gasteiger partial charge in [-0.2, -0.15) is 5.10 Å². The highest BCUT2D eigenvalue weighted by molar-refractivity contribution is 5.76. The molecule has 3 rings (SSSR count). The molecule has 2 unspecified atom stereocenters. The lowest BCUT2D eigenvalue weighted by molar-refractivity contribution is -0.123. The predicted molar refractivity (Wildman–Crippen MR) is 88.0 cm³/mol. The molecule has 1 aliphatic rings. The van der Waals surface area contributed by atoms with Gasteiger partial charge in [-0.05, 0) is 50.5 Å². The second-order valence-electron chi connectivity index (χ2n) is 6.23. The van der Waals surface area contributed by atoms with Gasteiger partial charge in [0.1, 0.15) is 12.4 Å². The zero-order valence-electron chi connectivity index (χ0n) is 14.0. The van der Waals surface area contributed by atoms with E-state index < -0.39 is 0 Å². The number of hydrogen-bond donors (Lipinski definition) is 1. The molecule has 2 heterocycles. The van der Waals surface area contributed by atoms with E-state index in [9.17, 15) is 9.18 Å². The van der Waals surface area contributed by atoms with E-state index in [0.29, 0.717) is 6.61 Å². The van der Waals surface area contributed by atoms with Crippen LogP contribution in [0.5, 0.6) is 0 Å². The van der Waals surface area contributed by atoms with Crippen molar-refractivity contribution >= 4 is 5.91 Å². The number of ether oxygens (including phenoxy) is 1. The number of hydrogen-bond acceptors (Lipinski definition) is 3. The van der Waals surface area contributed by atoms with Crippen molar-refractivity contribution in [3.63, 3.8) is 0 Å². The standard InChI is InChI=1S/C18H22FN3O2/c1-12-10-13(2)22(21-12)11-17(23)20-18(16-4-3-9-24-16)14-5-7-15(19)8-6-14/h5-8,10,16,18H,3-4,9,11H2,1-2H3,(H,20,23). The average molecular weight is 331 g/mol. The van der Waals surface area contributed by atoms with Crippen molar-refractivity contribution in [1.82, 2.24) is 15.1 Å². The molecule has 0 saturated carbocycles. The van der Waals surface area contributed by atoms with Crippen molar-refractivity contribution < 1.29 is 13.9 Å². The van der Waals surface area contributed by atoms with Crippen LogP contribution in [-0.4, -0.2) is 28.4 Å². The van der Waals surface area contributed by atoms with E-state index in [1.807, 2.05) is 19.9 Å². The highest BCUT2D eigenvalue weighted by atomic mass is 19.1. The fourth-order valence-electron chi connectivity index (χ4n) is 3.12. The molecular formula is C18H22FN3O2. The van der Waals surface area contributed by atoms with Crippen LogP contribution in [-0.2, 0) is 16.1 Å². The van der Waals surface area contributed by atoms with E-state index in [2.05, 4.69) is 10.4 Å². The molecule has 5 nitrogen and oxygen atoms in total. The molecule has 6 heteroatoms. The first kappa shape index (κ1) is 16.6. The summed E-state index contributed by atoms with van der Waals surface area (Å²) in [6.07, 6.45) is 1.76. The first-order valence-corrected chi connectivity index (χ1v) is 8.20. The first-order valence-electron chi connectivity index (χ1n) is 8.20. The van der Waals surface area contributed by atoms with Crippen molar-refractivity contribution in [1.29, 1.82) is 0 Å². The van der Waals surface area contributed by atoms with Gasteiger partial charge in [0.2, 0.25) is 5.91 Å². The minimum atomic E-state index is -0.293. The molecule has 2 aromatic rings. The Morgan fingerprint density at radius 3 is 2.75 bits per heavy atom. The number of aryl methyl sites for hydroxylation is 2. The highest BCUT2D eigenvalue weighted by Crippen LogP contribution is 2.27. The quantitative estimate of drug-likeness (QED) is 0.916. The fourth-order valence-corrected chi connectivity index (χ4v) is 3.12. The van der Waals surface area contributed by atoms with E-state index in [1.165, 1.54) is 12.1 Å². The van der Waals surface area contributed by atoms with Crippen LogP contribution < -0.4 is 5.32 Å². The smallest absolute Gasteiger partial charge is 0.242 e. The summed E-state index contributed by atoms with van der Waals surface area (Å²) in [4.78, 5) is 12.5. The topological polar surface area (TPSA) is 56.2 Å². The minimum absolute atomic E-state index is 0.0835.